The van der Waals surface area contributed by atoms with Crippen LogP contribution in [-0.2, 0) is 4.79 Å². The molecule has 0 aromatic rings. The summed E-state index contributed by atoms with van der Waals surface area (Å²) in [5.41, 5.74) is -1.01. The molecule has 0 radical (unpaired) electrons. The average Bonchev–Trinajstić information content (AvgIpc) is 2.27. The minimum Gasteiger partial charge on any atom is -0.481 e. The standard InChI is InChI=1S/C8H8F2O2/c9-8(10)3-1-4-5(8)7(4,2-3)6(11)12/h3-5H,1-2H2,(H,11,12). The topological polar surface area (TPSA) is 37.3 Å². The first kappa shape index (κ1) is 6.80. The summed E-state index contributed by atoms with van der Waals surface area (Å²) >= 11 is 0. The van der Waals surface area contributed by atoms with Crippen LogP contribution in [0.1, 0.15) is 12.8 Å². The minimum absolute atomic E-state index is 0.213. The second kappa shape index (κ2) is 1.40. The summed E-state index contributed by atoms with van der Waals surface area (Å²) < 4.78 is 26.3. The van der Waals surface area contributed by atoms with Crippen LogP contribution in [0.25, 0.3) is 0 Å². The molecular weight excluding hydrogens is 166 g/mol. The summed E-state index contributed by atoms with van der Waals surface area (Å²) in [4.78, 5) is 10.8. The maximum absolute atomic E-state index is 13.2. The Morgan fingerprint density at radius 3 is 2.33 bits per heavy atom. The van der Waals surface area contributed by atoms with E-state index in [4.69, 9.17) is 5.11 Å². The van der Waals surface area contributed by atoms with E-state index in [1.54, 1.807) is 0 Å². The molecule has 0 aliphatic heterocycles. The lowest BCUT2D eigenvalue weighted by atomic mass is 10.1. The smallest absolute Gasteiger partial charge is 0.310 e. The van der Waals surface area contributed by atoms with E-state index in [1.165, 1.54) is 0 Å². The van der Waals surface area contributed by atoms with Gasteiger partial charge in [0.15, 0.2) is 0 Å². The first-order valence-corrected chi connectivity index (χ1v) is 4.12. The fourth-order valence-electron chi connectivity index (χ4n) is 3.48. The Kier molecular flexibility index (Phi) is 0.795. The number of carboxylic acids is 1. The van der Waals surface area contributed by atoms with Crippen molar-refractivity contribution in [2.75, 3.05) is 0 Å². The fraction of sp³-hybridized carbons (Fsp3) is 0.875. The van der Waals surface area contributed by atoms with Crippen molar-refractivity contribution < 1.29 is 18.7 Å². The number of hydrogen-bond acceptors (Lipinski definition) is 1. The van der Waals surface area contributed by atoms with E-state index in [2.05, 4.69) is 0 Å². The lowest BCUT2D eigenvalue weighted by Gasteiger charge is -2.11. The Morgan fingerprint density at radius 1 is 1.50 bits per heavy atom. The molecule has 4 rings (SSSR count). The molecule has 4 aliphatic carbocycles. The van der Waals surface area contributed by atoms with Crippen LogP contribution in [0.15, 0.2) is 0 Å². The van der Waals surface area contributed by atoms with Gasteiger partial charge in [0.1, 0.15) is 0 Å². The van der Waals surface area contributed by atoms with Crippen molar-refractivity contribution in [3.05, 3.63) is 0 Å². The first-order chi connectivity index (χ1) is 5.51. The molecule has 4 aliphatic rings. The highest BCUT2D eigenvalue weighted by Gasteiger charge is 2.89. The Bertz CT molecular complexity index is 289. The van der Waals surface area contributed by atoms with E-state index in [0.717, 1.165) is 0 Å². The molecule has 0 aromatic carbocycles. The molecule has 66 valence electrons. The quantitative estimate of drug-likeness (QED) is 0.651. The first-order valence-electron chi connectivity index (χ1n) is 4.12. The maximum Gasteiger partial charge on any atom is 0.310 e. The van der Waals surface area contributed by atoms with E-state index in [1.807, 2.05) is 0 Å². The van der Waals surface area contributed by atoms with Crippen LogP contribution in [0.2, 0.25) is 0 Å². The van der Waals surface area contributed by atoms with Crippen molar-refractivity contribution in [2.45, 2.75) is 18.8 Å². The Balaban J connectivity index is 2.07. The Hall–Kier alpha value is -0.670. The van der Waals surface area contributed by atoms with E-state index in [9.17, 15) is 13.6 Å². The van der Waals surface area contributed by atoms with Gasteiger partial charge in [-0.25, -0.2) is 8.78 Å². The highest BCUT2D eigenvalue weighted by Crippen LogP contribution is 2.83. The van der Waals surface area contributed by atoms with E-state index in [0.29, 0.717) is 6.42 Å². The van der Waals surface area contributed by atoms with Crippen LogP contribution < -0.4 is 0 Å². The lowest BCUT2D eigenvalue weighted by Crippen LogP contribution is -2.21. The van der Waals surface area contributed by atoms with Gasteiger partial charge >= 0.3 is 5.97 Å². The minimum atomic E-state index is -2.68. The number of alkyl halides is 2. The van der Waals surface area contributed by atoms with Crippen LogP contribution in [-0.4, -0.2) is 17.0 Å². The molecule has 4 atom stereocenters. The number of rotatable bonds is 1. The highest BCUT2D eigenvalue weighted by molar-refractivity contribution is 5.82. The third-order valence-electron chi connectivity index (χ3n) is 3.99. The van der Waals surface area contributed by atoms with Gasteiger partial charge < -0.3 is 5.11 Å². The van der Waals surface area contributed by atoms with Gasteiger partial charge in [0.25, 0.3) is 5.92 Å². The molecule has 0 aromatic heterocycles. The van der Waals surface area contributed by atoms with Gasteiger partial charge in [0.2, 0.25) is 0 Å². The zero-order valence-electron chi connectivity index (χ0n) is 6.26. The van der Waals surface area contributed by atoms with Gasteiger partial charge in [0.05, 0.1) is 5.41 Å². The second-order valence-corrected chi connectivity index (χ2v) is 4.24. The Morgan fingerprint density at radius 2 is 2.17 bits per heavy atom. The normalized spacial score (nSPS) is 57.3. The fourth-order valence-corrected chi connectivity index (χ4v) is 3.48. The molecule has 0 amide bonds. The van der Waals surface area contributed by atoms with E-state index in [-0.39, 0.29) is 12.3 Å². The summed E-state index contributed by atoms with van der Waals surface area (Å²) in [5, 5.41) is 8.81. The molecule has 12 heavy (non-hydrogen) atoms. The van der Waals surface area contributed by atoms with Crippen molar-refractivity contribution >= 4 is 5.97 Å². The SMILES string of the molecule is O=C(O)C12CC3CC1C2C3(F)F. The summed E-state index contributed by atoms with van der Waals surface area (Å²) in [7, 11) is 0. The molecule has 0 saturated heterocycles. The second-order valence-electron chi connectivity index (χ2n) is 4.24. The van der Waals surface area contributed by atoms with Crippen molar-refractivity contribution in [1.82, 2.24) is 0 Å². The van der Waals surface area contributed by atoms with Gasteiger partial charge in [0, 0.05) is 11.8 Å². The van der Waals surface area contributed by atoms with E-state index >= 15 is 0 Å². The number of hydrogen-bond donors (Lipinski definition) is 1. The van der Waals surface area contributed by atoms with E-state index < -0.39 is 29.1 Å². The number of carbonyl (C=O) groups is 1. The molecular formula is C8H8F2O2. The molecule has 4 fully saturated rings. The van der Waals surface area contributed by atoms with Crippen molar-refractivity contribution in [1.29, 1.82) is 0 Å². The van der Waals surface area contributed by atoms with Crippen LogP contribution in [0.3, 0.4) is 0 Å². The molecule has 4 saturated carbocycles. The zero-order valence-corrected chi connectivity index (χ0v) is 6.26. The van der Waals surface area contributed by atoms with Gasteiger partial charge in [-0.1, -0.05) is 0 Å². The predicted octanol–water partition coefficient (Wildman–Crippen LogP) is 1.36. The molecule has 0 heterocycles. The van der Waals surface area contributed by atoms with Gasteiger partial charge in [-0.15, -0.1) is 0 Å². The maximum atomic E-state index is 13.2. The summed E-state index contributed by atoms with van der Waals surface area (Å²) in [5.74, 6) is -5.36. The molecule has 2 nitrogen and oxygen atoms in total. The average molecular weight is 174 g/mol. The van der Waals surface area contributed by atoms with Gasteiger partial charge in [-0.05, 0) is 18.8 Å². The number of halogens is 2. The third kappa shape index (κ3) is 0.398. The molecule has 4 heteroatoms. The third-order valence-corrected chi connectivity index (χ3v) is 3.99. The van der Waals surface area contributed by atoms with Crippen LogP contribution in [0.4, 0.5) is 8.78 Å². The monoisotopic (exact) mass is 174 g/mol. The van der Waals surface area contributed by atoms with Crippen LogP contribution in [0, 0.1) is 23.2 Å². The highest BCUT2D eigenvalue weighted by atomic mass is 19.3. The molecule has 0 spiro atoms. The van der Waals surface area contributed by atoms with Crippen LogP contribution in [0.5, 0.6) is 0 Å². The summed E-state index contributed by atoms with van der Waals surface area (Å²) in [6.45, 7) is 0. The molecule has 4 bridgehead atoms. The Labute approximate surface area is 67.6 Å². The van der Waals surface area contributed by atoms with Crippen LogP contribution >= 0.6 is 0 Å². The van der Waals surface area contributed by atoms with Crippen molar-refractivity contribution in [2.24, 2.45) is 23.2 Å². The largest absolute Gasteiger partial charge is 0.481 e. The predicted molar refractivity (Wildman–Crippen MR) is 34.7 cm³/mol. The molecule has 1 N–H and O–H groups in total. The number of aliphatic carboxylic acids is 1. The van der Waals surface area contributed by atoms with Gasteiger partial charge in [-0.3, -0.25) is 4.79 Å². The number of carboxylic acid groups (broad SMARTS) is 1. The van der Waals surface area contributed by atoms with Gasteiger partial charge in [-0.2, -0.15) is 0 Å². The van der Waals surface area contributed by atoms with Crippen molar-refractivity contribution in [3.8, 4) is 0 Å². The summed E-state index contributed by atoms with van der Waals surface area (Å²) in [6, 6.07) is 0. The lowest BCUT2D eigenvalue weighted by molar-refractivity contribution is -0.144. The summed E-state index contributed by atoms with van der Waals surface area (Å²) in [6.07, 6.45) is 0.647. The van der Waals surface area contributed by atoms with Crippen molar-refractivity contribution in [3.63, 3.8) is 0 Å². The molecule has 4 unspecified atom stereocenters. The zero-order chi connectivity index (χ0) is 8.72.